The van der Waals surface area contributed by atoms with E-state index in [1.165, 1.54) is 11.8 Å². The van der Waals surface area contributed by atoms with Crippen LogP contribution in [0.5, 0.6) is 0 Å². The summed E-state index contributed by atoms with van der Waals surface area (Å²) in [6.45, 7) is 5.02. The average molecular weight is 347 g/mol. The lowest BCUT2D eigenvalue weighted by atomic mass is 10.3. The number of benzene rings is 1. The molecule has 1 atom stereocenters. The van der Waals surface area contributed by atoms with E-state index < -0.39 is 0 Å². The third kappa shape index (κ3) is 3.89. The van der Waals surface area contributed by atoms with Crippen molar-refractivity contribution in [2.24, 2.45) is 0 Å². The number of thiazole rings is 1. The van der Waals surface area contributed by atoms with Gasteiger partial charge in [-0.2, -0.15) is 0 Å². The molecule has 2 aromatic heterocycles. The Labute approximate surface area is 142 Å². The van der Waals surface area contributed by atoms with E-state index in [-0.39, 0.29) is 11.2 Å². The molecule has 0 aliphatic carbocycles. The van der Waals surface area contributed by atoms with Gasteiger partial charge in [-0.25, -0.2) is 4.98 Å². The first-order chi connectivity index (χ1) is 11.1. The summed E-state index contributed by atoms with van der Waals surface area (Å²) in [5.41, 5.74) is 0.982. The van der Waals surface area contributed by atoms with Crippen LogP contribution in [0.3, 0.4) is 0 Å². The zero-order valence-electron chi connectivity index (χ0n) is 12.9. The highest BCUT2D eigenvalue weighted by Crippen LogP contribution is 2.31. The van der Waals surface area contributed by atoms with Gasteiger partial charge in [0.2, 0.25) is 5.91 Å². The second-order valence-electron chi connectivity index (χ2n) is 5.07. The molecule has 0 saturated carbocycles. The molecule has 0 aliphatic heterocycles. The number of aromatic nitrogens is 4. The Bertz CT molecular complexity index is 780. The maximum atomic E-state index is 12.2. The van der Waals surface area contributed by atoms with E-state index in [1.807, 2.05) is 42.7 Å². The van der Waals surface area contributed by atoms with E-state index in [1.54, 1.807) is 17.7 Å². The van der Waals surface area contributed by atoms with E-state index >= 15 is 0 Å². The number of amides is 1. The highest BCUT2D eigenvalue weighted by molar-refractivity contribution is 8.02. The lowest BCUT2D eigenvalue weighted by Crippen LogP contribution is -2.33. The molecule has 0 radical (unpaired) electrons. The number of carbonyl (C=O) groups is 1. The summed E-state index contributed by atoms with van der Waals surface area (Å²) < 4.78 is 3.97. The number of hydrogen-bond acceptors (Lipinski definition) is 6. The molecule has 3 aromatic rings. The number of thioether (sulfide) groups is 1. The number of hydrogen-bond donors (Lipinski definition) is 1. The first-order valence-electron chi connectivity index (χ1n) is 7.28. The van der Waals surface area contributed by atoms with Gasteiger partial charge in [-0.3, -0.25) is 4.79 Å². The molecule has 1 N–H and O–H groups in total. The molecule has 1 amide bonds. The molecule has 0 spiro atoms. The predicted molar refractivity (Wildman–Crippen MR) is 92.7 cm³/mol. The van der Waals surface area contributed by atoms with Crippen molar-refractivity contribution in [1.29, 1.82) is 0 Å². The number of para-hydroxylation sites is 1. The van der Waals surface area contributed by atoms with Crippen molar-refractivity contribution >= 4 is 39.2 Å². The third-order valence-corrected chi connectivity index (χ3v) is 5.61. The summed E-state index contributed by atoms with van der Waals surface area (Å²) >= 11 is 3.11. The van der Waals surface area contributed by atoms with Crippen LogP contribution in [0.25, 0.3) is 10.2 Å². The molecule has 2 heterocycles. The van der Waals surface area contributed by atoms with Crippen LogP contribution in [0.2, 0.25) is 0 Å². The van der Waals surface area contributed by atoms with Crippen molar-refractivity contribution in [2.45, 2.75) is 30.0 Å². The third-order valence-electron chi connectivity index (χ3n) is 3.38. The fraction of sp³-hybridized carbons (Fsp3) is 0.333. The molecule has 0 fully saturated rings. The first kappa shape index (κ1) is 15.9. The van der Waals surface area contributed by atoms with Gasteiger partial charge in [0, 0.05) is 13.1 Å². The fourth-order valence-electron chi connectivity index (χ4n) is 2.08. The van der Waals surface area contributed by atoms with Crippen LogP contribution >= 0.6 is 23.1 Å². The molecule has 1 aromatic carbocycles. The van der Waals surface area contributed by atoms with Crippen LogP contribution in [0, 0.1) is 6.92 Å². The lowest BCUT2D eigenvalue weighted by molar-refractivity contribution is -0.120. The number of rotatable bonds is 6. The smallest absolute Gasteiger partial charge is 0.233 e. The SMILES string of the molecule is Cc1nncn1CCNC(=O)C(C)Sc1nc2ccccc2s1. The Morgan fingerprint density at radius 1 is 1.43 bits per heavy atom. The molecule has 120 valence electrons. The van der Waals surface area contributed by atoms with Gasteiger partial charge in [0.15, 0.2) is 4.34 Å². The van der Waals surface area contributed by atoms with E-state index in [0.29, 0.717) is 13.1 Å². The fourth-order valence-corrected chi connectivity index (χ4v) is 4.32. The van der Waals surface area contributed by atoms with Crippen molar-refractivity contribution in [2.75, 3.05) is 6.54 Å². The lowest BCUT2D eigenvalue weighted by Gasteiger charge is -2.11. The van der Waals surface area contributed by atoms with Gasteiger partial charge in [0.25, 0.3) is 0 Å². The Kier molecular flexibility index (Phi) is 4.92. The van der Waals surface area contributed by atoms with Crippen LogP contribution < -0.4 is 5.32 Å². The molecule has 6 nitrogen and oxygen atoms in total. The highest BCUT2D eigenvalue weighted by Gasteiger charge is 2.16. The standard InChI is InChI=1S/C15H17N5OS2/c1-10(14(21)16-7-8-20-9-17-19-11(20)2)22-15-18-12-5-3-4-6-13(12)23-15/h3-6,9-10H,7-8H2,1-2H3,(H,16,21). The maximum absolute atomic E-state index is 12.2. The van der Waals surface area contributed by atoms with Crippen LogP contribution in [0.4, 0.5) is 0 Å². The van der Waals surface area contributed by atoms with Crippen molar-refractivity contribution in [1.82, 2.24) is 25.1 Å². The number of carbonyl (C=O) groups excluding carboxylic acids is 1. The van der Waals surface area contributed by atoms with Crippen molar-refractivity contribution in [3.63, 3.8) is 0 Å². The first-order valence-corrected chi connectivity index (χ1v) is 8.97. The number of nitrogens with one attached hydrogen (secondary N) is 1. The molecule has 0 aliphatic rings. The minimum Gasteiger partial charge on any atom is -0.353 e. The van der Waals surface area contributed by atoms with Gasteiger partial charge in [-0.1, -0.05) is 23.9 Å². The molecule has 3 rings (SSSR count). The van der Waals surface area contributed by atoms with Gasteiger partial charge in [0.05, 0.1) is 15.5 Å². The van der Waals surface area contributed by atoms with E-state index in [4.69, 9.17) is 0 Å². The van der Waals surface area contributed by atoms with Crippen LogP contribution in [0.15, 0.2) is 34.9 Å². The second-order valence-corrected chi connectivity index (χ2v) is 7.69. The van der Waals surface area contributed by atoms with Gasteiger partial charge < -0.3 is 9.88 Å². The summed E-state index contributed by atoms with van der Waals surface area (Å²) in [6.07, 6.45) is 1.67. The van der Waals surface area contributed by atoms with Crippen molar-refractivity contribution < 1.29 is 4.79 Å². The minimum atomic E-state index is -0.183. The van der Waals surface area contributed by atoms with Crippen LogP contribution in [-0.2, 0) is 11.3 Å². The average Bonchev–Trinajstić information content (AvgIpc) is 3.12. The van der Waals surface area contributed by atoms with E-state index in [2.05, 4.69) is 20.5 Å². The molecular weight excluding hydrogens is 330 g/mol. The molecule has 0 saturated heterocycles. The van der Waals surface area contributed by atoms with Crippen molar-refractivity contribution in [3.05, 3.63) is 36.4 Å². The minimum absolute atomic E-state index is 0.0139. The summed E-state index contributed by atoms with van der Waals surface area (Å²) in [6, 6.07) is 8.00. The maximum Gasteiger partial charge on any atom is 0.233 e. The number of aryl methyl sites for hydroxylation is 1. The zero-order chi connectivity index (χ0) is 16.2. The molecule has 0 bridgehead atoms. The summed E-state index contributed by atoms with van der Waals surface area (Å²) in [5.74, 6) is 0.858. The Morgan fingerprint density at radius 3 is 3.00 bits per heavy atom. The van der Waals surface area contributed by atoms with Gasteiger partial charge in [-0.15, -0.1) is 21.5 Å². The van der Waals surface area contributed by atoms with Gasteiger partial charge in [0.1, 0.15) is 12.2 Å². The summed E-state index contributed by atoms with van der Waals surface area (Å²) in [7, 11) is 0. The Morgan fingerprint density at radius 2 is 2.26 bits per heavy atom. The van der Waals surface area contributed by atoms with Gasteiger partial charge >= 0.3 is 0 Å². The normalized spacial score (nSPS) is 12.4. The van der Waals surface area contributed by atoms with Crippen LogP contribution in [-0.4, -0.2) is 37.5 Å². The molecular formula is C15H17N5OS2. The molecule has 8 heteroatoms. The summed E-state index contributed by atoms with van der Waals surface area (Å²) in [4.78, 5) is 16.7. The largest absolute Gasteiger partial charge is 0.353 e. The summed E-state index contributed by atoms with van der Waals surface area (Å²) in [5, 5.41) is 10.5. The quantitative estimate of drug-likeness (QED) is 0.694. The van der Waals surface area contributed by atoms with Crippen molar-refractivity contribution in [3.8, 4) is 0 Å². The number of fused-ring (bicyclic) bond motifs is 1. The molecule has 23 heavy (non-hydrogen) atoms. The van der Waals surface area contributed by atoms with Gasteiger partial charge in [-0.05, 0) is 26.0 Å². The Balaban J connectivity index is 1.52. The second kappa shape index (κ2) is 7.10. The Hall–Kier alpha value is -1.93. The predicted octanol–water partition coefficient (Wildman–Crippen LogP) is 2.49. The van der Waals surface area contributed by atoms with Crippen LogP contribution in [0.1, 0.15) is 12.7 Å². The van der Waals surface area contributed by atoms with E-state index in [0.717, 1.165) is 20.4 Å². The van der Waals surface area contributed by atoms with E-state index in [9.17, 15) is 4.79 Å². The topological polar surface area (TPSA) is 72.7 Å². The highest BCUT2D eigenvalue weighted by atomic mass is 32.2. The monoisotopic (exact) mass is 347 g/mol. The molecule has 1 unspecified atom stereocenters. The zero-order valence-corrected chi connectivity index (χ0v) is 14.5. The number of nitrogens with zero attached hydrogens (tertiary/aromatic N) is 4.